The molecule has 1 saturated heterocycles. The molecule has 2 rings (SSSR count). The fourth-order valence-corrected chi connectivity index (χ4v) is 2.58. The number of ether oxygens (including phenoxy) is 1. The van der Waals surface area contributed by atoms with Crippen LogP contribution in [0.5, 0.6) is 5.75 Å². The number of rotatable bonds is 3. The van der Waals surface area contributed by atoms with E-state index in [1.165, 1.54) is 6.20 Å². The summed E-state index contributed by atoms with van der Waals surface area (Å²) in [5.74, 6) is 0.177. The fourth-order valence-electron chi connectivity index (χ4n) is 2.58. The molecule has 0 bridgehead atoms. The molecule has 2 heterocycles. The average Bonchev–Trinajstić information content (AvgIpc) is 2.70. The van der Waals surface area contributed by atoms with Crippen molar-refractivity contribution in [2.24, 2.45) is 0 Å². The number of carbonyl (C=O) groups excluding carboxylic acids is 1. The minimum absolute atomic E-state index is 0.177. The van der Waals surface area contributed by atoms with E-state index in [1.807, 2.05) is 26.8 Å². The molecule has 0 aromatic carbocycles. The van der Waals surface area contributed by atoms with Gasteiger partial charge in [0.15, 0.2) is 0 Å². The highest BCUT2D eigenvalue weighted by molar-refractivity contribution is 5.68. The van der Waals surface area contributed by atoms with E-state index in [9.17, 15) is 9.90 Å². The van der Waals surface area contributed by atoms with Crippen LogP contribution in [0.1, 0.15) is 45.7 Å². The molecule has 0 radical (unpaired) electrons. The van der Waals surface area contributed by atoms with E-state index in [2.05, 4.69) is 10.3 Å². The third-order valence-electron chi connectivity index (χ3n) is 3.76. The van der Waals surface area contributed by atoms with Gasteiger partial charge in [-0.25, -0.2) is 4.79 Å². The zero-order valence-corrected chi connectivity index (χ0v) is 14.2. The summed E-state index contributed by atoms with van der Waals surface area (Å²) in [4.78, 5) is 18.1. The summed E-state index contributed by atoms with van der Waals surface area (Å²) in [5.41, 5.74) is 0.446. The Balaban J connectivity index is 1.79. The Labute approximate surface area is 137 Å². The molecular weight excluding hydrogens is 294 g/mol. The number of nitrogens with one attached hydrogen (secondary N) is 1. The van der Waals surface area contributed by atoms with Crippen LogP contribution in [-0.4, -0.2) is 45.8 Å². The Morgan fingerprint density at radius 3 is 2.83 bits per heavy atom. The van der Waals surface area contributed by atoms with Crippen LogP contribution in [0.2, 0.25) is 0 Å². The molecule has 1 unspecified atom stereocenters. The normalized spacial score (nSPS) is 19.3. The van der Waals surface area contributed by atoms with Crippen LogP contribution in [0.4, 0.5) is 4.79 Å². The van der Waals surface area contributed by atoms with Crippen molar-refractivity contribution in [2.75, 3.05) is 13.1 Å². The molecule has 1 fully saturated rings. The van der Waals surface area contributed by atoms with Crippen LogP contribution in [0.25, 0.3) is 0 Å². The predicted molar refractivity (Wildman–Crippen MR) is 88.2 cm³/mol. The lowest BCUT2D eigenvalue weighted by Gasteiger charge is -2.26. The van der Waals surface area contributed by atoms with Crippen molar-refractivity contribution in [2.45, 2.75) is 58.2 Å². The maximum atomic E-state index is 12.1. The number of likely N-dealkylation sites (tertiary alicyclic amines) is 1. The number of aromatic nitrogens is 1. The number of pyridine rings is 1. The Morgan fingerprint density at radius 2 is 2.17 bits per heavy atom. The number of carbonyl (C=O) groups is 1. The van der Waals surface area contributed by atoms with E-state index in [4.69, 9.17) is 4.74 Å². The number of nitrogens with zero attached hydrogens (tertiary/aromatic N) is 2. The monoisotopic (exact) mass is 321 g/mol. The van der Waals surface area contributed by atoms with Crippen LogP contribution >= 0.6 is 0 Å². The van der Waals surface area contributed by atoms with Gasteiger partial charge in [-0.3, -0.25) is 4.98 Å². The van der Waals surface area contributed by atoms with Gasteiger partial charge in [0.05, 0.1) is 11.9 Å². The van der Waals surface area contributed by atoms with Gasteiger partial charge in [-0.15, -0.1) is 0 Å². The maximum Gasteiger partial charge on any atom is 0.410 e. The predicted octanol–water partition coefficient (Wildman–Crippen LogP) is 2.67. The van der Waals surface area contributed by atoms with Crippen molar-refractivity contribution >= 4 is 6.09 Å². The van der Waals surface area contributed by atoms with Crippen molar-refractivity contribution in [3.8, 4) is 5.75 Å². The van der Waals surface area contributed by atoms with Gasteiger partial charge in [0.1, 0.15) is 11.4 Å². The second-order valence-corrected chi connectivity index (χ2v) is 6.98. The molecule has 1 amide bonds. The quantitative estimate of drug-likeness (QED) is 0.895. The van der Waals surface area contributed by atoms with Crippen LogP contribution in [-0.2, 0) is 11.3 Å². The highest BCUT2D eigenvalue weighted by Crippen LogP contribution is 2.16. The summed E-state index contributed by atoms with van der Waals surface area (Å²) >= 11 is 0. The molecule has 23 heavy (non-hydrogen) atoms. The molecule has 1 atom stereocenters. The van der Waals surface area contributed by atoms with Gasteiger partial charge in [0, 0.05) is 25.7 Å². The van der Waals surface area contributed by atoms with Gasteiger partial charge in [0.25, 0.3) is 0 Å². The third kappa shape index (κ3) is 6.06. The molecule has 2 N–H and O–H groups in total. The minimum atomic E-state index is -0.453. The molecule has 0 aliphatic carbocycles. The first-order valence-electron chi connectivity index (χ1n) is 8.19. The van der Waals surface area contributed by atoms with E-state index >= 15 is 0 Å². The van der Waals surface area contributed by atoms with Gasteiger partial charge < -0.3 is 20.1 Å². The fraction of sp³-hybridized carbons (Fsp3) is 0.647. The van der Waals surface area contributed by atoms with Gasteiger partial charge in [-0.1, -0.05) is 0 Å². The summed E-state index contributed by atoms with van der Waals surface area (Å²) in [6.45, 7) is 7.77. The first-order chi connectivity index (χ1) is 10.8. The third-order valence-corrected chi connectivity index (χ3v) is 3.76. The molecule has 6 nitrogen and oxygen atoms in total. The second-order valence-electron chi connectivity index (χ2n) is 6.98. The summed E-state index contributed by atoms with van der Waals surface area (Å²) in [6, 6.07) is 3.81. The standard InChI is InChI=1S/C17H27N3O3/c1-17(2,3)23-16(22)20-9-4-5-13(8-10-20)18-11-14-6-7-15(21)12-19-14/h6-7,12-13,18,21H,4-5,8-11H2,1-3H3. The zero-order chi connectivity index (χ0) is 16.9. The average molecular weight is 321 g/mol. The number of aromatic hydroxyl groups is 1. The van der Waals surface area contributed by atoms with E-state index < -0.39 is 5.60 Å². The smallest absolute Gasteiger partial charge is 0.410 e. The number of amides is 1. The Bertz CT molecular complexity index is 511. The molecular formula is C17H27N3O3. The van der Waals surface area contributed by atoms with Gasteiger partial charge in [-0.2, -0.15) is 0 Å². The van der Waals surface area contributed by atoms with Crippen molar-refractivity contribution < 1.29 is 14.6 Å². The lowest BCUT2D eigenvalue weighted by molar-refractivity contribution is 0.0256. The van der Waals surface area contributed by atoms with Crippen LogP contribution in [0.3, 0.4) is 0 Å². The molecule has 1 aliphatic heterocycles. The van der Waals surface area contributed by atoms with Crippen LogP contribution < -0.4 is 5.32 Å². The first-order valence-corrected chi connectivity index (χ1v) is 8.19. The van der Waals surface area contributed by atoms with Crippen LogP contribution in [0, 0.1) is 0 Å². The molecule has 6 heteroatoms. The topological polar surface area (TPSA) is 74.7 Å². The Morgan fingerprint density at radius 1 is 1.39 bits per heavy atom. The number of hydrogen-bond donors (Lipinski definition) is 2. The first kappa shape index (κ1) is 17.5. The minimum Gasteiger partial charge on any atom is -0.506 e. The van der Waals surface area contributed by atoms with Crippen molar-refractivity contribution in [1.29, 1.82) is 0 Å². The van der Waals surface area contributed by atoms with Crippen LogP contribution in [0.15, 0.2) is 18.3 Å². The maximum absolute atomic E-state index is 12.1. The SMILES string of the molecule is CC(C)(C)OC(=O)N1CCCC(NCc2ccc(O)cn2)CC1. The van der Waals surface area contributed by atoms with E-state index in [0.29, 0.717) is 19.1 Å². The molecule has 1 aromatic rings. The highest BCUT2D eigenvalue weighted by atomic mass is 16.6. The second kappa shape index (κ2) is 7.64. The zero-order valence-electron chi connectivity index (χ0n) is 14.2. The van der Waals surface area contributed by atoms with E-state index in [-0.39, 0.29) is 11.8 Å². The van der Waals surface area contributed by atoms with Gasteiger partial charge in [-0.05, 0) is 52.2 Å². The number of hydrogen-bond acceptors (Lipinski definition) is 5. The molecule has 1 aromatic heterocycles. The largest absolute Gasteiger partial charge is 0.506 e. The molecule has 0 spiro atoms. The van der Waals surface area contributed by atoms with Crippen molar-refractivity contribution in [3.05, 3.63) is 24.0 Å². The Kier molecular flexibility index (Phi) is 5.82. The van der Waals surface area contributed by atoms with Gasteiger partial charge >= 0.3 is 6.09 Å². The summed E-state index contributed by atoms with van der Waals surface area (Å²) in [7, 11) is 0. The molecule has 1 aliphatic rings. The van der Waals surface area contributed by atoms with Crippen molar-refractivity contribution in [1.82, 2.24) is 15.2 Å². The molecule has 0 saturated carbocycles. The molecule has 128 valence electrons. The highest BCUT2D eigenvalue weighted by Gasteiger charge is 2.25. The van der Waals surface area contributed by atoms with Crippen molar-refractivity contribution in [3.63, 3.8) is 0 Å². The Hall–Kier alpha value is -1.82. The summed E-state index contributed by atoms with van der Waals surface area (Å²) in [6.07, 6.45) is 4.11. The summed E-state index contributed by atoms with van der Waals surface area (Å²) < 4.78 is 5.44. The summed E-state index contributed by atoms with van der Waals surface area (Å²) in [5, 5.41) is 12.7. The lowest BCUT2D eigenvalue weighted by atomic mass is 10.1. The lowest BCUT2D eigenvalue weighted by Crippen LogP contribution is -2.38. The van der Waals surface area contributed by atoms with E-state index in [1.54, 1.807) is 11.0 Å². The van der Waals surface area contributed by atoms with E-state index in [0.717, 1.165) is 31.5 Å². The van der Waals surface area contributed by atoms with Gasteiger partial charge in [0.2, 0.25) is 0 Å².